The van der Waals surface area contributed by atoms with E-state index in [0.29, 0.717) is 12.6 Å². The molecule has 0 unspecified atom stereocenters. The lowest BCUT2D eigenvalue weighted by molar-refractivity contribution is -0.130. The molecule has 1 amide bonds. The molecular formula is C11H23N3O. The minimum Gasteiger partial charge on any atom is -0.340 e. The minimum absolute atomic E-state index is 0.235. The average molecular weight is 213 g/mol. The molecule has 88 valence electrons. The van der Waals surface area contributed by atoms with E-state index in [1.54, 1.807) is 0 Å². The molecule has 1 rings (SSSR count). The molecule has 1 aliphatic heterocycles. The molecule has 1 saturated heterocycles. The molecule has 1 fully saturated rings. The molecule has 1 N–H and O–H groups in total. The van der Waals surface area contributed by atoms with Gasteiger partial charge in [0.1, 0.15) is 0 Å². The zero-order valence-electron chi connectivity index (χ0n) is 10.1. The predicted molar refractivity (Wildman–Crippen MR) is 61.8 cm³/mol. The Morgan fingerprint density at radius 1 is 1.27 bits per heavy atom. The summed E-state index contributed by atoms with van der Waals surface area (Å²) in [6.07, 6.45) is 1.09. The van der Waals surface area contributed by atoms with Gasteiger partial charge in [0.05, 0.1) is 6.54 Å². The van der Waals surface area contributed by atoms with E-state index >= 15 is 0 Å². The molecule has 1 aliphatic rings. The van der Waals surface area contributed by atoms with Gasteiger partial charge in [0.15, 0.2) is 0 Å². The molecule has 0 spiro atoms. The first-order valence-corrected chi connectivity index (χ1v) is 5.79. The van der Waals surface area contributed by atoms with Gasteiger partial charge >= 0.3 is 0 Å². The van der Waals surface area contributed by atoms with Crippen LogP contribution in [0.3, 0.4) is 0 Å². The number of rotatable bonds is 3. The maximum atomic E-state index is 11.8. The largest absolute Gasteiger partial charge is 0.340 e. The summed E-state index contributed by atoms with van der Waals surface area (Å²) in [6, 6.07) is 0.378. The van der Waals surface area contributed by atoms with E-state index in [1.807, 2.05) is 4.90 Å². The first-order valence-electron chi connectivity index (χ1n) is 5.79. The maximum absolute atomic E-state index is 11.8. The van der Waals surface area contributed by atoms with Crippen LogP contribution in [0.1, 0.15) is 20.3 Å². The molecule has 0 radical (unpaired) electrons. The normalized spacial score (nSPS) is 19.3. The topological polar surface area (TPSA) is 35.6 Å². The quantitative estimate of drug-likeness (QED) is 0.725. The number of carbonyl (C=O) groups excluding carboxylic acids is 1. The highest BCUT2D eigenvalue weighted by Crippen LogP contribution is 2.01. The second-order valence-electron chi connectivity index (χ2n) is 4.57. The van der Waals surface area contributed by atoms with Crippen molar-refractivity contribution in [2.24, 2.45) is 0 Å². The monoisotopic (exact) mass is 213 g/mol. The van der Waals surface area contributed by atoms with E-state index in [0.717, 1.165) is 32.6 Å². The van der Waals surface area contributed by atoms with Crippen molar-refractivity contribution in [2.75, 3.05) is 39.8 Å². The zero-order chi connectivity index (χ0) is 11.3. The number of amides is 1. The lowest BCUT2D eigenvalue weighted by atomic mass is 10.3. The summed E-state index contributed by atoms with van der Waals surface area (Å²) in [6.45, 7) is 8.46. The fraction of sp³-hybridized carbons (Fsp3) is 0.909. The van der Waals surface area contributed by atoms with Crippen molar-refractivity contribution >= 4 is 5.91 Å². The van der Waals surface area contributed by atoms with Crippen LogP contribution in [0, 0.1) is 0 Å². The molecule has 0 aromatic heterocycles. The van der Waals surface area contributed by atoms with Gasteiger partial charge in [-0.25, -0.2) is 0 Å². The van der Waals surface area contributed by atoms with E-state index < -0.39 is 0 Å². The molecule has 0 aromatic rings. The van der Waals surface area contributed by atoms with Gasteiger partial charge in [-0.15, -0.1) is 0 Å². The van der Waals surface area contributed by atoms with E-state index in [-0.39, 0.29) is 5.91 Å². The maximum Gasteiger partial charge on any atom is 0.236 e. The number of nitrogens with one attached hydrogen (secondary N) is 1. The summed E-state index contributed by atoms with van der Waals surface area (Å²) in [7, 11) is 2.11. The van der Waals surface area contributed by atoms with Crippen LogP contribution < -0.4 is 5.32 Å². The van der Waals surface area contributed by atoms with Gasteiger partial charge in [0.2, 0.25) is 5.91 Å². The first kappa shape index (κ1) is 12.5. The molecule has 0 aliphatic carbocycles. The highest BCUT2D eigenvalue weighted by atomic mass is 16.2. The highest BCUT2D eigenvalue weighted by molar-refractivity contribution is 5.78. The molecule has 4 heteroatoms. The lowest BCUT2D eigenvalue weighted by Crippen LogP contribution is -2.41. The summed E-state index contributed by atoms with van der Waals surface area (Å²) in [5.41, 5.74) is 0. The minimum atomic E-state index is 0.235. The Balaban J connectivity index is 2.31. The smallest absolute Gasteiger partial charge is 0.236 e. The van der Waals surface area contributed by atoms with E-state index in [4.69, 9.17) is 0 Å². The van der Waals surface area contributed by atoms with Crippen molar-refractivity contribution < 1.29 is 4.79 Å². The number of nitrogens with zero attached hydrogens (tertiary/aromatic N) is 2. The van der Waals surface area contributed by atoms with Gasteiger partial charge in [-0.2, -0.15) is 0 Å². The predicted octanol–water partition coefficient (Wildman–Crippen LogP) is 0.149. The Labute approximate surface area is 92.6 Å². The van der Waals surface area contributed by atoms with Gasteiger partial charge in [0.25, 0.3) is 0 Å². The number of hydrogen-bond acceptors (Lipinski definition) is 3. The van der Waals surface area contributed by atoms with Crippen LogP contribution in [0.2, 0.25) is 0 Å². The van der Waals surface area contributed by atoms with E-state index in [1.165, 1.54) is 0 Å². The molecule has 4 nitrogen and oxygen atoms in total. The summed E-state index contributed by atoms with van der Waals surface area (Å²) < 4.78 is 0. The molecule has 15 heavy (non-hydrogen) atoms. The van der Waals surface area contributed by atoms with Crippen LogP contribution in [0.15, 0.2) is 0 Å². The van der Waals surface area contributed by atoms with Crippen LogP contribution in [0.5, 0.6) is 0 Å². The molecule has 0 saturated carbocycles. The number of likely N-dealkylation sites (N-methyl/N-ethyl adjacent to an activating group) is 1. The third-order valence-corrected chi connectivity index (χ3v) is 2.73. The average Bonchev–Trinajstić information content (AvgIpc) is 2.39. The van der Waals surface area contributed by atoms with Crippen LogP contribution >= 0.6 is 0 Å². The second-order valence-corrected chi connectivity index (χ2v) is 4.57. The van der Waals surface area contributed by atoms with Crippen molar-refractivity contribution in [3.05, 3.63) is 0 Å². The highest BCUT2D eigenvalue weighted by Gasteiger charge is 2.16. The molecule has 0 aromatic carbocycles. The van der Waals surface area contributed by atoms with Gasteiger partial charge in [-0.1, -0.05) is 13.8 Å². The lowest BCUT2D eigenvalue weighted by Gasteiger charge is -2.21. The van der Waals surface area contributed by atoms with E-state index in [2.05, 4.69) is 31.1 Å². The van der Waals surface area contributed by atoms with Gasteiger partial charge in [0, 0.05) is 25.7 Å². The standard InChI is InChI=1S/C11H23N3O/c1-10(2)12-9-11(15)14-6-4-5-13(3)7-8-14/h10,12H,4-9H2,1-3H3. The Morgan fingerprint density at radius 3 is 2.67 bits per heavy atom. The molecule has 0 bridgehead atoms. The third-order valence-electron chi connectivity index (χ3n) is 2.73. The Morgan fingerprint density at radius 2 is 2.00 bits per heavy atom. The second kappa shape index (κ2) is 6.08. The van der Waals surface area contributed by atoms with Gasteiger partial charge in [-0.05, 0) is 20.0 Å². The van der Waals surface area contributed by atoms with Gasteiger partial charge in [-0.3, -0.25) is 4.79 Å². The van der Waals surface area contributed by atoms with E-state index in [9.17, 15) is 4.79 Å². The zero-order valence-corrected chi connectivity index (χ0v) is 10.1. The fourth-order valence-corrected chi connectivity index (χ4v) is 1.70. The SMILES string of the molecule is CC(C)NCC(=O)N1CCCN(C)CC1. The molecular weight excluding hydrogens is 190 g/mol. The van der Waals surface area contributed by atoms with Crippen molar-refractivity contribution in [1.82, 2.24) is 15.1 Å². The summed E-state index contributed by atoms with van der Waals surface area (Å²) >= 11 is 0. The third kappa shape index (κ3) is 4.62. The molecule has 1 heterocycles. The van der Waals surface area contributed by atoms with Crippen molar-refractivity contribution in [1.29, 1.82) is 0 Å². The van der Waals surface area contributed by atoms with Crippen LogP contribution in [-0.2, 0) is 4.79 Å². The van der Waals surface area contributed by atoms with Crippen LogP contribution in [0.4, 0.5) is 0 Å². The van der Waals surface area contributed by atoms with Crippen LogP contribution in [-0.4, -0.2) is 61.5 Å². The summed E-state index contributed by atoms with van der Waals surface area (Å²) in [4.78, 5) is 16.1. The van der Waals surface area contributed by atoms with Crippen molar-refractivity contribution in [2.45, 2.75) is 26.3 Å². The van der Waals surface area contributed by atoms with Crippen molar-refractivity contribution in [3.8, 4) is 0 Å². The number of hydrogen-bond donors (Lipinski definition) is 1. The summed E-state index contributed by atoms with van der Waals surface area (Å²) in [5, 5.41) is 3.17. The van der Waals surface area contributed by atoms with Crippen LogP contribution in [0.25, 0.3) is 0 Å². The first-order chi connectivity index (χ1) is 7.09. The Kier molecular flexibility index (Phi) is 5.05. The fourth-order valence-electron chi connectivity index (χ4n) is 1.70. The van der Waals surface area contributed by atoms with Gasteiger partial charge < -0.3 is 15.1 Å². The van der Waals surface area contributed by atoms with Crippen molar-refractivity contribution in [3.63, 3.8) is 0 Å². The Bertz CT molecular complexity index is 206. The molecule has 0 atom stereocenters. The Hall–Kier alpha value is -0.610. The number of carbonyl (C=O) groups is 1. The summed E-state index contributed by atoms with van der Waals surface area (Å²) in [5.74, 6) is 0.235.